The summed E-state index contributed by atoms with van der Waals surface area (Å²) in [6.45, 7) is 3.93. The summed E-state index contributed by atoms with van der Waals surface area (Å²) in [6.07, 6.45) is 5.21. The summed E-state index contributed by atoms with van der Waals surface area (Å²) >= 11 is 0. The SMILES string of the molecule is CCC(=O)Nc1cncc(-c2cnc(N)c(C(=N)c3cc4c(C(=O)N5CCOCC5)cccc4[nH]3)c2)c1. The number of amides is 2. The summed E-state index contributed by atoms with van der Waals surface area (Å²) in [5.74, 6) is 0.0410. The van der Waals surface area contributed by atoms with E-state index in [2.05, 4.69) is 20.3 Å². The van der Waals surface area contributed by atoms with Crippen molar-refractivity contribution in [3.05, 3.63) is 71.8 Å². The molecule has 5 N–H and O–H groups in total. The van der Waals surface area contributed by atoms with Crippen molar-refractivity contribution < 1.29 is 14.3 Å². The van der Waals surface area contributed by atoms with Gasteiger partial charge >= 0.3 is 0 Å². The Kier molecular flexibility index (Phi) is 6.65. The maximum atomic E-state index is 13.2. The van der Waals surface area contributed by atoms with E-state index in [4.69, 9.17) is 15.9 Å². The third-order valence-electron chi connectivity index (χ3n) is 6.33. The Morgan fingerprint density at radius 3 is 2.68 bits per heavy atom. The van der Waals surface area contributed by atoms with Gasteiger partial charge in [-0.3, -0.25) is 20.0 Å². The first-order chi connectivity index (χ1) is 17.9. The monoisotopic (exact) mass is 497 g/mol. The van der Waals surface area contributed by atoms with Crippen LogP contribution in [0, 0.1) is 5.41 Å². The first-order valence-electron chi connectivity index (χ1n) is 12.0. The minimum absolute atomic E-state index is 0.0586. The van der Waals surface area contributed by atoms with Crippen LogP contribution in [0.4, 0.5) is 11.5 Å². The maximum absolute atomic E-state index is 13.2. The van der Waals surface area contributed by atoms with Gasteiger partial charge in [-0.1, -0.05) is 13.0 Å². The standard InChI is InChI=1S/C27H27N7O3/c1-2-24(35)32-18-10-16(13-30-15-18)17-11-21(26(29)31-14-17)25(28)23-12-20-19(4-3-5-22(20)33-23)27(36)34-6-8-37-9-7-34/h3-5,10-15,28,33H,2,6-9H2,1H3,(H2,29,31)(H,32,35). The number of morpholine rings is 1. The average Bonchev–Trinajstić information content (AvgIpc) is 3.38. The lowest BCUT2D eigenvalue weighted by atomic mass is 10.0. The number of fused-ring (bicyclic) bond motifs is 1. The Morgan fingerprint density at radius 1 is 1.11 bits per heavy atom. The number of nitrogens with one attached hydrogen (secondary N) is 3. The lowest BCUT2D eigenvalue weighted by Crippen LogP contribution is -2.40. The van der Waals surface area contributed by atoms with Gasteiger partial charge in [0.25, 0.3) is 5.91 Å². The maximum Gasteiger partial charge on any atom is 0.254 e. The van der Waals surface area contributed by atoms with Crippen LogP contribution in [0.2, 0.25) is 0 Å². The molecule has 5 rings (SSSR count). The number of nitrogen functional groups attached to an aromatic ring is 1. The van der Waals surface area contributed by atoms with Crippen LogP contribution in [0.25, 0.3) is 22.0 Å². The van der Waals surface area contributed by atoms with E-state index in [0.717, 1.165) is 16.5 Å². The van der Waals surface area contributed by atoms with Gasteiger partial charge in [-0.2, -0.15) is 0 Å². The van der Waals surface area contributed by atoms with Gasteiger partial charge in [0.2, 0.25) is 5.91 Å². The van der Waals surface area contributed by atoms with Gasteiger partial charge in [-0.15, -0.1) is 0 Å². The number of benzene rings is 1. The molecule has 2 amide bonds. The molecule has 0 saturated carbocycles. The van der Waals surface area contributed by atoms with Gasteiger partial charge in [0.15, 0.2) is 0 Å². The smallest absolute Gasteiger partial charge is 0.254 e. The molecule has 188 valence electrons. The molecule has 37 heavy (non-hydrogen) atoms. The summed E-state index contributed by atoms with van der Waals surface area (Å²) in [5.41, 5.74) is 10.6. The molecule has 10 heteroatoms. The number of carbonyl (C=O) groups excluding carboxylic acids is 2. The second-order valence-electron chi connectivity index (χ2n) is 8.75. The Labute approximate surface area is 213 Å². The fourth-order valence-corrected chi connectivity index (χ4v) is 4.31. The van der Waals surface area contributed by atoms with E-state index in [1.807, 2.05) is 12.1 Å². The molecule has 0 bridgehead atoms. The number of ether oxygens (including phenoxy) is 1. The van der Waals surface area contributed by atoms with Gasteiger partial charge < -0.3 is 25.7 Å². The van der Waals surface area contributed by atoms with Crippen molar-refractivity contribution in [1.29, 1.82) is 5.41 Å². The largest absolute Gasteiger partial charge is 0.383 e. The highest BCUT2D eigenvalue weighted by molar-refractivity contribution is 6.16. The third-order valence-corrected chi connectivity index (χ3v) is 6.33. The number of anilines is 2. The highest BCUT2D eigenvalue weighted by Crippen LogP contribution is 2.27. The van der Waals surface area contributed by atoms with E-state index in [-0.39, 0.29) is 23.3 Å². The molecule has 0 unspecified atom stereocenters. The molecule has 1 aliphatic heterocycles. The number of aromatic nitrogens is 3. The van der Waals surface area contributed by atoms with Gasteiger partial charge in [-0.25, -0.2) is 4.98 Å². The first kappa shape index (κ1) is 24.1. The van der Waals surface area contributed by atoms with Crippen molar-refractivity contribution in [2.45, 2.75) is 13.3 Å². The van der Waals surface area contributed by atoms with Crippen LogP contribution in [0.15, 0.2) is 55.0 Å². The molecule has 1 saturated heterocycles. The molecular weight excluding hydrogens is 470 g/mol. The summed E-state index contributed by atoms with van der Waals surface area (Å²) in [6, 6.07) is 10.9. The molecule has 1 aliphatic rings. The number of rotatable bonds is 6. The Bertz CT molecular complexity index is 1510. The van der Waals surface area contributed by atoms with Crippen LogP contribution in [0.3, 0.4) is 0 Å². The minimum atomic E-state index is -0.109. The molecule has 0 aliphatic carbocycles. The van der Waals surface area contributed by atoms with Crippen LogP contribution in [0.1, 0.15) is 35.0 Å². The summed E-state index contributed by atoms with van der Waals surface area (Å²) in [7, 11) is 0. The molecule has 0 spiro atoms. The van der Waals surface area contributed by atoms with E-state index in [1.54, 1.807) is 54.7 Å². The zero-order valence-corrected chi connectivity index (χ0v) is 20.4. The Morgan fingerprint density at radius 2 is 1.89 bits per heavy atom. The number of nitrogens with zero attached hydrogens (tertiary/aromatic N) is 3. The highest BCUT2D eigenvalue weighted by Gasteiger charge is 2.22. The van der Waals surface area contributed by atoms with Gasteiger partial charge in [0.05, 0.1) is 36.5 Å². The molecule has 0 atom stereocenters. The number of hydrogen-bond acceptors (Lipinski definition) is 7. The molecular formula is C27H27N7O3. The van der Waals surface area contributed by atoms with Gasteiger partial charge in [-0.05, 0) is 30.3 Å². The number of nitrogens with two attached hydrogens (primary N) is 1. The van der Waals surface area contributed by atoms with Gasteiger partial charge in [0.1, 0.15) is 5.82 Å². The van der Waals surface area contributed by atoms with Crippen LogP contribution in [-0.4, -0.2) is 63.7 Å². The van der Waals surface area contributed by atoms with Crippen molar-refractivity contribution >= 4 is 39.9 Å². The topological polar surface area (TPSA) is 150 Å². The molecule has 1 aromatic carbocycles. The average molecular weight is 498 g/mol. The van der Waals surface area contributed by atoms with E-state index in [0.29, 0.717) is 60.8 Å². The Balaban J connectivity index is 1.47. The van der Waals surface area contributed by atoms with Gasteiger partial charge in [0, 0.05) is 65.1 Å². The number of aromatic amines is 1. The predicted molar refractivity (Wildman–Crippen MR) is 142 cm³/mol. The lowest BCUT2D eigenvalue weighted by Gasteiger charge is -2.27. The molecule has 4 aromatic rings. The van der Waals surface area contributed by atoms with Crippen LogP contribution in [-0.2, 0) is 9.53 Å². The quantitative estimate of drug-likeness (QED) is 0.300. The summed E-state index contributed by atoms with van der Waals surface area (Å²) in [5, 5.41) is 12.4. The second-order valence-corrected chi connectivity index (χ2v) is 8.75. The van der Waals surface area contributed by atoms with Crippen LogP contribution in [0.5, 0.6) is 0 Å². The lowest BCUT2D eigenvalue weighted by molar-refractivity contribution is -0.115. The molecule has 1 fully saturated rings. The number of pyridine rings is 2. The molecule has 3 aromatic heterocycles. The zero-order chi connectivity index (χ0) is 25.9. The number of carbonyl (C=O) groups is 2. The number of hydrogen-bond donors (Lipinski definition) is 4. The third kappa shape index (κ3) is 4.91. The van der Waals surface area contributed by atoms with Crippen molar-refractivity contribution in [1.82, 2.24) is 19.9 Å². The normalized spacial score (nSPS) is 13.5. The minimum Gasteiger partial charge on any atom is -0.383 e. The van der Waals surface area contributed by atoms with E-state index in [1.165, 1.54) is 0 Å². The summed E-state index contributed by atoms with van der Waals surface area (Å²) in [4.78, 5) is 38.5. The first-order valence-corrected chi connectivity index (χ1v) is 12.0. The van der Waals surface area contributed by atoms with Crippen LogP contribution >= 0.6 is 0 Å². The predicted octanol–water partition coefficient (Wildman–Crippen LogP) is 3.44. The van der Waals surface area contributed by atoms with Crippen molar-refractivity contribution in [3.8, 4) is 11.1 Å². The van der Waals surface area contributed by atoms with Crippen LogP contribution < -0.4 is 11.1 Å². The highest BCUT2D eigenvalue weighted by atomic mass is 16.5. The van der Waals surface area contributed by atoms with E-state index in [9.17, 15) is 9.59 Å². The molecule has 4 heterocycles. The molecule has 10 nitrogen and oxygen atoms in total. The summed E-state index contributed by atoms with van der Waals surface area (Å²) < 4.78 is 5.37. The second kappa shape index (κ2) is 10.2. The Hall–Kier alpha value is -4.57. The van der Waals surface area contributed by atoms with E-state index >= 15 is 0 Å². The van der Waals surface area contributed by atoms with Crippen molar-refractivity contribution in [2.75, 3.05) is 37.4 Å². The van der Waals surface area contributed by atoms with Crippen molar-refractivity contribution in [2.24, 2.45) is 0 Å². The zero-order valence-electron chi connectivity index (χ0n) is 20.4. The number of H-pyrrole nitrogens is 1. The van der Waals surface area contributed by atoms with Crippen molar-refractivity contribution in [3.63, 3.8) is 0 Å². The van der Waals surface area contributed by atoms with E-state index < -0.39 is 0 Å². The fourth-order valence-electron chi connectivity index (χ4n) is 4.31. The fraction of sp³-hybridized carbons (Fsp3) is 0.222. The molecule has 0 radical (unpaired) electrons.